The smallest absolute Gasteiger partial charge is 0.343 e. The van der Waals surface area contributed by atoms with Crippen LogP contribution in [0.2, 0.25) is 0 Å². The quantitative estimate of drug-likeness (QED) is 0.126. The van der Waals surface area contributed by atoms with Gasteiger partial charge in [0, 0.05) is 22.1 Å². The minimum atomic E-state index is -2.39. The molecule has 0 radical (unpaired) electrons. The zero-order valence-corrected chi connectivity index (χ0v) is 22.9. The number of carbonyl (C=O) groups is 2. The Kier molecular flexibility index (Phi) is 6.83. The molecule has 0 aliphatic carbocycles. The van der Waals surface area contributed by atoms with Crippen molar-refractivity contribution < 1.29 is 29.5 Å². The van der Waals surface area contributed by atoms with E-state index in [-0.39, 0.29) is 48.6 Å². The maximum absolute atomic E-state index is 13.8. The van der Waals surface area contributed by atoms with Crippen LogP contribution in [0.15, 0.2) is 64.5 Å². The van der Waals surface area contributed by atoms with Gasteiger partial charge in [0.25, 0.3) is 11.5 Å². The minimum Gasteiger partial charge on any atom is -0.458 e. The van der Waals surface area contributed by atoms with Gasteiger partial charge in [-0.3, -0.25) is 24.3 Å². The molecule has 2 aromatic carbocycles. The van der Waals surface area contributed by atoms with E-state index >= 15 is 0 Å². The molecule has 2 aromatic heterocycles. The van der Waals surface area contributed by atoms with Crippen molar-refractivity contribution in [1.82, 2.24) is 14.6 Å². The van der Waals surface area contributed by atoms with Crippen molar-refractivity contribution in [3.8, 4) is 11.4 Å². The highest BCUT2D eigenvalue weighted by molar-refractivity contribution is 6.04. The number of aliphatic hydroxyl groups is 2. The third-order valence-electron chi connectivity index (χ3n) is 7.80. The minimum absolute atomic E-state index is 0.100. The summed E-state index contributed by atoms with van der Waals surface area (Å²) >= 11 is 0. The first-order valence-corrected chi connectivity index (χ1v) is 13.5. The molecule has 0 fully saturated rings. The number of aromatic nitrogens is 2. The summed E-state index contributed by atoms with van der Waals surface area (Å²) in [4.78, 5) is 56.1. The number of pyridine rings is 2. The van der Waals surface area contributed by atoms with Crippen LogP contribution in [0.5, 0.6) is 0 Å². The lowest BCUT2D eigenvalue weighted by Gasteiger charge is -2.31. The number of para-hydroxylation sites is 1. The number of nitro groups is 1. The first-order chi connectivity index (χ1) is 20.7. The molecule has 1 amide bonds. The average Bonchev–Trinajstić information content (AvgIpc) is 3.40. The standard InChI is InChI=1S/C30H25N5O8/c1-2-30(40)23-21(16-43-29(30)39)28(38)33-15-20-19(14-31-34(12-13-36)27(37)17-8-4-3-5-9-17)18-10-6-7-11-22(18)32-24(20)26(33)25(23)35(41)42/h3-11,14,36,40H,2,12-13,15-16H2,1H3/b31-14+/t30-/m0/s1. The SMILES string of the molecule is CC[C@@]1(O)C(=O)OCc2c1c([N+](=O)[O-])c1n(c2=O)Cc2c-1nc1ccccc1c2/C=N/N(CCO)C(=O)c1ccccc1. The number of fused-ring (bicyclic) bond motifs is 5. The van der Waals surface area contributed by atoms with Gasteiger partial charge < -0.3 is 14.9 Å². The van der Waals surface area contributed by atoms with Gasteiger partial charge in [-0.05, 0) is 24.6 Å². The summed E-state index contributed by atoms with van der Waals surface area (Å²) in [5.74, 6) is -1.52. The summed E-state index contributed by atoms with van der Waals surface area (Å²) in [5.41, 5.74) is -2.54. The van der Waals surface area contributed by atoms with Crippen molar-refractivity contribution in [2.45, 2.75) is 32.1 Å². The van der Waals surface area contributed by atoms with Crippen molar-refractivity contribution in [2.75, 3.05) is 13.2 Å². The zero-order valence-electron chi connectivity index (χ0n) is 22.9. The highest BCUT2D eigenvalue weighted by atomic mass is 16.6. The summed E-state index contributed by atoms with van der Waals surface area (Å²) in [6, 6.07) is 15.4. The topological polar surface area (TPSA) is 177 Å². The number of hydrazone groups is 1. The zero-order chi connectivity index (χ0) is 30.5. The molecule has 2 N–H and O–H groups in total. The van der Waals surface area contributed by atoms with E-state index in [4.69, 9.17) is 4.74 Å². The van der Waals surface area contributed by atoms with Crippen LogP contribution in [-0.2, 0) is 28.3 Å². The van der Waals surface area contributed by atoms with Crippen LogP contribution in [0, 0.1) is 10.1 Å². The summed E-state index contributed by atoms with van der Waals surface area (Å²) in [6.45, 7) is 0.367. The number of amides is 1. The molecule has 2 aliphatic rings. The second kappa shape index (κ2) is 10.5. The maximum Gasteiger partial charge on any atom is 0.343 e. The molecule has 6 rings (SSSR count). The fourth-order valence-electron chi connectivity index (χ4n) is 5.69. The number of benzene rings is 2. The van der Waals surface area contributed by atoms with Crippen LogP contribution in [-0.4, -0.2) is 60.9 Å². The molecular weight excluding hydrogens is 558 g/mol. The normalized spacial score (nSPS) is 17.0. The third kappa shape index (κ3) is 4.28. The Morgan fingerprint density at radius 3 is 2.60 bits per heavy atom. The molecule has 0 saturated carbocycles. The van der Waals surface area contributed by atoms with Crippen molar-refractivity contribution >= 4 is 34.7 Å². The molecule has 4 aromatic rings. The summed E-state index contributed by atoms with van der Waals surface area (Å²) in [5, 5.41) is 39.6. The predicted molar refractivity (Wildman–Crippen MR) is 153 cm³/mol. The van der Waals surface area contributed by atoms with Gasteiger partial charge in [-0.15, -0.1) is 0 Å². The van der Waals surface area contributed by atoms with E-state index in [9.17, 15) is 34.7 Å². The van der Waals surface area contributed by atoms with Gasteiger partial charge in [0.2, 0.25) is 0 Å². The van der Waals surface area contributed by atoms with Crippen molar-refractivity contribution in [3.63, 3.8) is 0 Å². The molecule has 0 unspecified atom stereocenters. The van der Waals surface area contributed by atoms with Crippen molar-refractivity contribution in [2.24, 2.45) is 5.10 Å². The molecule has 0 spiro atoms. The van der Waals surface area contributed by atoms with Gasteiger partial charge >= 0.3 is 11.7 Å². The van der Waals surface area contributed by atoms with Crippen LogP contribution in [0.3, 0.4) is 0 Å². The largest absolute Gasteiger partial charge is 0.458 e. The van der Waals surface area contributed by atoms with Gasteiger partial charge in [0.1, 0.15) is 18.0 Å². The molecule has 13 heteroatoms. The fraction of sp³-hybridized carbons (Fsp3) is 0.233. The summed E-state index contributed by atoms with van der Waals surface area (Å²) < 4.78 is 6.27. The van der Waals surface area contributed by atoms with Gasteiger partial charge in [0.05, 0.1) is 47.5 Å². The van der Waals surface area contributed by atoms with Gasteiger partial charge in [-0.25, -0.2) is 14.8 Å². The summed E-state index contributed by atoms with van der Waals surface area (Å²) in [7, 11) is 0. The molecule has 0 bridgehead atoms. The lowest BCUT2D eigenvalue weighted by Crippen LogP contribution is -2.45. The molecule has 2 aliphatic heterocycles. The number of esters is 1. The Morgan fingerprint density at radius 1 is 1.19 bits per heavy atom. The predicted octanol–water partition coefficient (Wildman–Crippen LogP) is 2.46. The number of hydrogen-bond acceptors (Lipinski definition) is 10. The third-order valence-corrected chi connectivity index (χ3v) is 7.80. The molecular formula is C30H25N5O8. The van der Waals surface area contributed by atoms with E-state index in [1.165, 1.54) is 17.7 Å². The van der Waals surface area contributed by atoms with E-state index < -0.39 is 40.3 Å². The average molecular weight is 584 g/mol. The van der Waals surface area contributed by atoms with Crippen molar-refractivity contribution in [3.05, 3.63) is 103 Å². The Morgan fingerprint density at radius 2 is 1.91 bits per heavy atom. The van der Waals surface area contributed by atoms with Crippen LogP contribution in [0.4, 0.5) is 5.69 Å². The Labute approximate surface area is 243 Å². The van der Waals surface area contributed by atoms with E-state index in [0.29, 0.717) is 27.6 Å². The first-order valence-electron chi connectivity index (χ1n) is 13.5. The monoisotopic (exact) mass is 583 g/mol. The highest BCUT2D eigenvalue weighted by Gasteiger charge is 2.52. The molecule has 4 heterocycles. The fourth-order valence-corrected chi connectivity index (χ4v) is 5.69. The molecule has 43 heavy (non-hydrogen) atoms. The molecule has 1 atom stereocenters. The van der Waals surface area contributed by atoms with Crippen LogP contribution in [0.25, 0.3) is 22.3 Å². The number of carbonyl (C=O) groups excluding carboxylic acids is 2. The van der Waals surface area contributed by atoms with Gasteiger partial charge in [0.15, 0.2) is 5.60 Å². The van der Waals surface area contributed by atoms with E-state index in [1.807, 2.05) is 0 Å². The maximum atomic E-state index is 13.8. The summed E-state index contributed by atoms with van der Waals surface area (Å²) in [6.07, 6.45) is 1.16. The second-order valence-electron chi connectivity index (χ2n) is 10.1. The molecule has 0 saturated heterocycles. The Bertz CT molecular complexity index is 1920. The van der Waals surface area contributed by atoms with E-state index in [1.54, 1.807) is 54.6 Å². The number of cyclic esters (lactones) is 1. The Hall–Kier alpha value is -5.27. The second-order valence-corrected chi connectivity index (χ2v) is 10.1. The lowest BCUT2D eigenvalue weighted by molar-refractivity contribution is -0.386. The molecule has 218 valence electrons. The van der Waals surface area contributed by atoms with E-state index in [2.05, 4.69) is 10.1 Å². The number of hydrogen-bond donors (Lipinski definition) is 2. The molecule has 13 nitrogen and oxygen atoms in total. The highest BCUT2D eigenvalue weighted by Crippen LogP contribution is 2.47. The lowest BCUT2D eigenvalue weighted by atomic mass is 9.84. The number of nitrogens with zero attached hydrogens (tertiary/aromatic N) is 5. The Balaban J connectivity index is 1.59. The number of aliphatic hydroxyl groups excluding tert-OH is 1. The first kappa shape index (κ1) is 27.9. The van der Waals surface area contributed by atoms with Gasteiger partial charge in [-0.2, -0.15) is 5.10 Å². The van der Waals surface area contributed by atoms with Gasteiger partial charge in [-0.1, -0.05) is 43.3 Å². The van der Waals surface area contributed by atoms with Crippen LogP contribution < -0.4 is 5.56 Å². The number of ether oxygens (including phenoxy) is 1. The van der Waals surface area contributed by atoms with Crippen LogP contribution >= 0.6 is 0 Å². The van der Waals surface area contributed by atoms with E-state index in [0.717, 1.165) is 5.01 Å². The van der Waals surface area contributed by atoms with Crippen LogP contribution in [0.1, 0.15) is 46.0 Å². The van der Waals surface area contributed by atoms with Crippen molar-refractivity contribution in [1.29, 1.82) is 0 Å². The number of rotatable bonds is 7.